The predicted molar refractivity (Wildman–Crippen MR) is 96.7 cm³/mol. The molecule has 0 unspecified atom stereocenters. The van der Waals surface area contributed by atoms with Gasteiger partial charge in [-0.3, -0.25) is 0 Å². The molecule has 1 aromatic carbocycles. The van der Waals surface area contributed by atoms with Gasteiger partial charge in [-0.05, 0) is 43.9 Å². The van der Waals surface area contributed by atoms with Gasteiger partial charge in [0.1, 0.15) is 4.90 Å². The van der Waals surface area contributed by atoms with Gasteiger partial charge in [-0.25, -0.2) is 17.9 Å². The molecule has 2 aliphatic rings. The maximum atomic E-state index is 13.0. The molecule has 1 saturated carbocycles. The fraction of sp³-hybridized carbons (Fsp3) is 0.611. The highest BCUT2D eigenvalue weighted by molar-refractivity contribution is 7.89. The number of hydrogen-bond acceptors (Lipinski definition) is 4. The average molecular weight is 366 g/mol. The number of rotatable bonds is 5. The lowest BCUT2D eigenvalue weighted by Crippen LogP contribution is -2.35. The number of nitrogens with one attached hydrogen (secondary N) is 1. The number of benzene rings is 1. The van der Waals surface area contributed by atoms with Crippen molar-refractivity contribution in [2.24, 2.45) is 0 Å². The van der Waals surface area contributed by atoms with E-state index in [1.807, 2.05) is 4.90 Å². The molecule has 0 radical (unpaired) electrons. The number of carbonyl (C=O) groups is 1. The molecule has 25 heavy (non-hydrogen) atoms. The number of nitrogens with zero attached hydrogens (tertiary/aromatic N) is 1. The summed E-state index contributed by atoms with van der Waals surface area (Å²) in [6, 6.07) is 4.36. The molecule has 0 atom stereocenters. The summed E-state index contributed by atoms with van der Waals surface area (Å²) in [5, 5.41) is 9.26. The Kier molecular flexibility index (Phi) is 5.64. The fourth-order valence-corrected chi connectivity index (χ4v) is 5.32. The highest BCUT2D eigenvalue weighted by Gasteiger charge is 2.27. The normalized spacial score (nSPS) is 19.8. The minimum atomic E-state index is -3.76. The van der Waals surface area contributed by atoms with E-state index in [4.69, 9.17) is 0 Å². The highest BCUT2D eigenvalue weighted by Crippen LogP contribution is 2.30. The van der Waals surface area contributed by atoms with Crippen molar-refractivity contribution in [1.82, 2.24) is 4.72 Å². The largest absolute Gasteiger partial charge is 0.478 e. The summed E-state index contributed by atoms with van der Waals surface area (Å²) in [5.74, 6) is -1.11. The molecule has 0 amide bonds. The van der Waals surface area contributed by atoms with E-state index in [9.17, 15) is 18.3 Å². The van der Waals surface area contributed by atoms with Crippen LogP contribution < -0.4 is 9.62 Å². The lowest BCUT2D eigenvalue weighted by molar-refractivity contribution is 0.0696. The Hall–Kier alpha value is -1.60. The number of hydrogen-bond donors (Lipinski definition) is 2. The van der Waals surface area contributed by atoms with Crippen LogP contribution in [0.25, 0.3) is 0 Å². The van der Waals surface area contributed by atoms with Gasteiger partial charge in [0.15, 0.2) is 0 Å². The number of carboxylic acids is 1. The Morgan fingerprint density at radius 2 is 1.68 bits per heavy atom. The molecule has 2 N–H and O–H groups in total. The summed E-state index contributed by atoms with van der Waals surface area (Å²) in [6.07, 6.45) is 8.08. The quantitative estimate of drug-likeness (QED) is 0.782. The smallest absolute Gasteiger partial charge is 0.335 e. The van der Waals surface area contributed by atoms with E-state index in [0.29, 0.717) is 5.69 Å². The molecule has 7 heteroatoms. The first-order valence-corrected chi connectivity index (χ1v) is 10.6. The summed E-state index contributed by atoms with van der Waals surface area (Å²) >= 11 is 0. The first-order valence-electron chi connectivity index (χ1n) is 9.12. The van der Waals surface area contributed by atoms with Crippen molar-refractivity contribution in [2.75, 3.05) is 18.0 Å². The van der Waals surface area contributed by atoms with E-state index >= 15 is 0 Å². The Morgan fingerprint density at radius 3 is 2.28 bits per heavy atom. The molecule has 2 fully saturated rings. The molecule has 1 heterocycles. The molecule has 3 rings (SSSR count). The summed E-state index contributed by atoms with van der Waals surface area (Å²) in [5.41, 5.74) is 0.618. The van der Waals surface area contributed by atoms with Gasteiger partial charge >= 0.3 is 5.97 Å². The predicted octanol–water partition coefficient (Wildman–Crippen LogP) is 2.99. The lowest BCUT2D eigenvalue weighted by Gasteiger charge is -2.23. The summed E-state index contributed by atoms with van der Waals surface area (Å²) in [4.78, 5) is 13.5. The van der Waals surface area contributed by atoms with E-state index in [1.54, 1.807) is 6.07 Å². The third-order valence-electron chi connectivity index (χ3n) is 5.12. The van der Waals surface area contributed by atoms with E-state index in [0.717, 1.165) is 64.5 Å². The van der Waals surface area contributed by atoms with Gasteiger partial charge < -0.3 is 10.0 Å². The molecule has 0 bridgehead atoms. The van der Waals surface area contributed by atoms with E-state index in [-0.39, 0.29) is 16.5 Å². The third-order valence-corrected chi connectivity index (χ3v) is 6.67. The number of carboxylic acid groups (broad SMARTS) is 1. The maximum absolute atomic E-state index is 13.0. The minimum absolute atomic E-state index is 0.00388. The molecule has 1 aliphatic heterocycles. The maximum Gasteiger partial charge on any atom is 0.335 e. The first-order chi connectivity index (χ1) is 12.0. The van der Waals surface area contributed by atoms with Gasteiger partial charge in [0.2, 0.25) is 10.0 Å². The molecule has 0 aromatic heterocycles. The highest BCUT2D eigenvalue weighted by atomic mass is 32.2. The molecular formula is C18H26N2O4S. The molecule has 138 valence electrons. The Morgan fingerprint density at radius 1 is 1.04 bits per heavy atom. The van der Waals surface area contributed by atoms with Crippen LogP contribution >= 0.6 is 0 Å². The van der Waals surface area contributed by atoms with Crippen LogP contribution in [0, 0.1) is 0 Å². The van der Waals surface area contributed by atoms with Crippen LogP contribution in [-0.2, 0) is 10.0 Å². The molecule has 1 saturated heterocycles. The second-order valence-electron chi connectivity index (χ2n) is 6.99. The van der Waals surface area contributed by atoms with Crippen molar-refractivity contribution in [3.8, 4) is 0 Å². The second-order valence-corrected chi connectivity index (χ2v) is 8.67. The second kappa shape index (κ2) is 7.74. The summed E-state index contributed by atoms with van der Waals surface area (Å²) in [6.45, 7) is 1.61. The third kappa shape index (κ3) is 4.33. The van der Waals surface area contributed by atoms with Crippen molar-refractivity contribution >= 4 is 21.7 Å². The zero-order chi connectivity index (χ0) is 17.9. The van der Waals surface area contributed by atoms with Crippen LogP contribution in [0.5, 0.6) is 0 Å². The standard InChI is InChI=1S/C18H26N2O4S/c21-18(22)14-9-10-16(20-11-5-6-12-20)17(13-14)25(23,24)19-15-7-3-1-2-4-8-15/h9-10,13,15,19H,1-8,11-12H2,(H,21,22). The van der Waals surface area contributed by atoms with Crippen molar-refractivity contribution in [3.63, 3.8) is 0 Å². The van der Waals surface area contributed by atoms with Gasteiger partial charge in [-0.1, -0.05) is 25.7 Å². The first kappa shape index (κ1) is 18.2. The number of aromatic carboxylic acids is 1. The van der Waals surface area contributed by atoms with Crippen molar-refractivity contribution in [3.05, 3.63) is 23.8 Å². The van der Waals surface area contributed by atoms with E-state index < -0.39 is 16.0 Å². The van der Waals surface area contributed by atoms with Crippen LogP contribution in [0.4, 0.5) is 5.69 Å². The zero-order valence-electron chi connectivity index (χ0n) is 14.4. The lowest BCUT2D eigenvalue weighted by atomic mass is 10.1. The van der Waals surface area contributed by atoms with E-state index in [2.05, 4.69) is 4.72 Å². The molecule has 1 aromatic rings. The average Bonchev–Trinajstić information content (AvgIpc) is 3.00. The van der Waals surface area contributed by atoms with Gasteiger partial charge in [0.25, 0.3) is 0 Å². The number of anilines is 1. The monoisotopic (exact) mass is 366 g/mol. The zero-order valence-corrected chi connectivity index (χ0v) is 15.2. The Balaban J connectivity index is 1.93. The van der Waals surface area contributed by atoms with E-state index in [1.165, 1.54) is 12.1 Å². The van der Waals surface area contributed by atoms with Crippen molar-refractivity contribution in [2.45, 2.75) is 62.3 Å². The van der Waals surface area contributed by atoms with Gasteiger partial charge in [0.05, 0.1) is 11.3 Å². The molecule has 0 spiro atoms. The van der Waals surface area contributed by atoms with Crippen LogP contribution in [-0.4, -0.2) is 38.6 Å². The van der Waals surface area contributed by atoms with Crippen molar-refractivity contribution < 1.29 is 18.3 Å². The van der Waals surface area contributed by atoms with Crippen LogP contribution in [0.1, 0.15) is 61.7 Å². The van der Waals surface area contributed by atoms with Crippen LogP contribution in [0.2, 0.25) is 0 Å². The van der Waals surface area contributed by atoms with Crippen LogP contribution in [0.15, 0.2) is 23.1 Å². The minimum Gasteiger partial charge on any atom is -0.478 e. The topological polar surface area (TPSA) is 86.7 Å². The summed E-state index contributed by atoms with van der Waals surface area (Å²) in [7, 11) is -3.76. The Labute approximate surface area is 149 Å². The summed E-state index contributed by atoms with van der Waals surface area (Å²) < 4.78 is 28.9. The Bertz CT molecular complexity index is 719. The van der Waals surface area contributed by atoms with Crippen molar-refractivity contribution in [1.29, 1.82) is 0 Å². The fourth-order valence-electron chi connectivity index (χ4n) is 3.76. The molecular weight excluding hydrogens is 340 g/mol. The van der Waals surface area contributed by atoms with Gasteiger partial charge in [-0.15, -0.1) is 0 Å². The molecule has 1 aliphatic carbocycles. The van der Waals surface area contributed by atoms with Gasteiger partial charge in [-0.2, -0.15) is 0 Å². The molecule has 6 nitrogen and oxygen atoms in total. The number of sulfonamides is 1. The van der Waals surface area contributed by atoms with Gasteiger partial charge in [0, 0.05) is 19.1 Å². The van der Waals surface area contributed by atoms with Crippen LogP contribution in [0.3, 0.4) is 0 Å². The SMILES string of the molecule is O=C(O)c1ccc(N2CCCC2)c(S(=O)(=O)NC2CCCCCC2)c1.